The maximum Gasteiger partial charge on any atom is 0.0707 e. The van der Waals surface area contributed by atoms with Crippen LogP contribution in [0.15, 0.2) is 0 Å². The molecule has 1 N–H and O–H groups in total. The molecule has 1 heterocycles. The molecule has 1 saturated heterocycles. The zero-order valence-electron chi connectivity index (χ0n) is 9.51. The van der Waals surface area contributed by atoms with Gasteiger partial charge in [-0.1, -0.05) is 12.8 Å². The van der Waals surface area contributed by atoms with E-state index in [9.17, 15) is 0 Å². The Kier molecular flexibility index (Phi) is 3.13. The van der Waals surface area contributed by atoms with E-state index in [1.807, 2.05) is 7.05 Å². The molecule has 2 unspecified atom stereocenters. The highest BCUT2D eigenvalue weighted by Gasteiger charge is 2.42. The summed E-state index contributed by atoms with van der Waals surface area (Å²) in [7, 11) is 2.01. The Bertz CT molecular complexity index is 189. The van der Waals surface area contributed by atoms with Gasteiger partial charge in [-0.2, -0.15) is 0 Å². The van der Waals surface area contributed by atoms with Crippen LogP contribution >= 0.6 is 0 Å². The van der Waals surface area contributed by atoms with Gasteiger partial charge in [0.25, 0.3) is 0 Å². The molecule has 0 aromatic carbocycles. The Morgan fingerprint density at radius 3 is 2.64 bits per heavy atom. The van der Waals surface area contributed by atoms with Crippen LogP contribution in [0.4, 0.5) is 0 Å². The molecule has 1 aliphatic carbocycles. The second-order valence-corrected chi connectivity index (χ2v) is 5.13. The summed E-state index contributed by atoms with van der Waals surface area (Å²) in [5.41, 5.74) is 0.206. The summed E-state index contributed by atoms with van der Waals surface area (Å²) in [5, 5.41) is 3.21. The van der Waals surface area contributed by atoms with Gasteiger partial charge in [0, 0.05) is 6.54 Å². The molecule has 2 rings (SSSR count). The van der Waals surface area contributed by atoms with Crippen LogP contribution in [0, 0.1) is 5.92 Å². The second-order valence-electron chi connectivity index (χ2n) is 5.13. The lowest BCUT2D eigenvalue weighted by molar-refractivity contribution is -0.0640. The summed E-state index contributed by atoms with van der Waals surface area (Å²) < 4.78 is 6.21. The van der Waals surface area contributed by atoms with E-state index in [-0.39, 0.29) is 5.60 Å². The maximum atomic E-state index is 6.21. The van der Waals surface area contributed by atoms with E-state index in [2.05, 4.69) is 12.2 Å². The van der Waals surface area contributed by atoms with Gasteiger partial charge in [0.15, 0.2) is 0 Å². The monoisotopic (exact) mass is 197 g/mol. The van der Waals surface area contributed by atoms with Crippen LogP contribution < -0.4 is 5.32 Å². The quantitative estimate of drug-likeness (QED) is 0.750. The van der Waals surface area contributed by atoms with Gasteiger partial charge in [0.05, 0.1) is 11.7 Å². The SMILES string of the molecule is CNCC1CCC(C)(C2CCCC2)O1. The zero-order chi connectivity index (χ0) is 10.0. The molecule has 0 aromatic rings. The van der Waals surface area contributed by atoms with Gasteiger partial charge in [0.1, 0.15) is 0 Å². The molecule has 2 heteroatoms. The first-order valence-corrected chi connectivity index (χ1v) is 6.07. The van der Waals surface area contributed by atoms with Gasteiger partial charge in [-0.15, -0.1) is 0 Å². The second kappa shape index (κ2) is 4.19. The lowest BCUT2D eigenvalue weighted by Gasteiger charge is -2.31. The van der Waals surface area contributed by atoms with Crippen molar-refractivity contribution in [1.82, 2.24) is 5.32 Å². The minimum Gasteiger partial charge on any atom is -0.370 e. The van der Waals surface area contributed by atoms with Crippen molar-refractivity contribution < 1.29 is 4.74 Å². The van der Waals surface area contributed by atoms with E-state index in [1.165, 1.54) is 38.5 Å². The first-order valence-electron chi connectivity index (χ1n) is 6.07. The number of nitrogens with one attached hydrogen (secondary N) is 1. The van der Waals surface area contributed by atoms with E-state index >= 15 is 0 Å². The molecule has 1 aliphatic heterocycles. The predicted molar refractivity (Wildman–Crippen MR) is 58.4 cm³/mol. The average molecular weight is 197 g/mol. The number of hydrogen-bond donors (Lipinski definition) is 1. The Morgan fingerprint density at radius 1 is 1.29 bits per heavy atom. The standard InChI is InChI=1S/C12H23NO/c1-12(10-5-3-4-6-10)8-7-11(14-12)9-13-2/h10-11,13H,3-9H2,1-2H3. The van der Waals surface area contributed by atoms with E-state index in [0.29, 0.717) is 6.10 Å². The van der Waals surface area contributed by atoms with Crippen LogP contribution in [0.3, 0.4) is 0 Å². The van der Waals surface area contributed by atoms with Gasteiger partial charge in [0.2, 0.25) is 0 Å². The summed E-state index contributed by atoms with van der Waals surface area (Å²) in [4.78, 5) is 0. The van der Waals surface area contributed by atoms with Gasteiger partial charge in [-0.05, 0) is 45.6 Å². The first kappa shape index (κ1) is 10.4. The average Bonchev–Trinajstić information content (AvgIpc) is 2.75. The van der Waals surface area contributed by atoms with Crippen molar-refractivity contribution in [3.8, 4) is 0 Å². The molecule has 0 amide bonds. The molecule has 0 aromatic heterocycles. The lowest BCUT2D eigenvalue weighted by Crippen LogP contribution is -2.35. The fourth-order valence-electron chi connectivity index (χ4n) is 3.15. The summed E-state index contributed by atoms with van der Waals surface area (Å²) in [6.07, 6.45) is 8.59. The number of likely N-dealkylation sites (N-methyl/N-ethyl adjacent to an activating group) is 1. The summed E-state index contributed by atoms with van der Waals surface area (Å²) >= 11 is 0. The fourth-order valence-corrected chi connectivity index (χ4v) is 3.15. The molecule has 0 spiro atoms. The van der Waals surface area contributed by atoms with Crippen molar-refractivity contribution >= 4 is 0 Å². The first-order chi connectivity index (χ1) is 6.74. The highest BCUT2D eigenvalue weighted by Crippen LogP contribution is 2.43. The third kappa shape index (κ3) is 1.96. The Labute approximate surface area is 87.4 Å². The van der Waals surface area contributed by atoms with Crippen molar-refractivity contribution in [2.75, 3.05) is 13.6 Å². The normalized spacial score (nSPS) is 39.4. The third-order valence-corrected chi connectivity index (χ3v) is 4.05. The molecule has 14 heavy (non-hydrogen) atoms. The lowest BCUT2D eigenvalue weighted by atomic mass is 9.85. The summed E-state index contributed by atoms with van der Waals surface area (Å²) in [6, 6.07) is 0. The number of hydrogen-bond acceptors (Lipinski definition) is 2. The van der Waals surface area contributed by atoms with Crippen molar-refractivity contribution in [2.24, 2.45) is 5.92 Å². The Balaban J connectivity index is 1.90. The van der Waals surface area contributed by atoms with E-state index < -0.39 is 0 Å². The molecular weight excluding hydrogens is 174 g/mol. The summed E-state index contributed by atoms with van der Waals surface area (Å²) in [5.74, 6) is 0.837. The van der Waals surface area contributed by atoms with Crippen LogP contribution in [-0.4, -0.2) is 25.3 Å². The highest BCUT2D eigenvalue weighted by molar-refractivity contribution is 4.93. The van der Waals surface area contributed by atoms with E-state index in [0.717, 1.165) is 12.5 Å². The minimum atomic E-state index is 0.206. The topological polar surface area (TPSA) is 21.3 Å². The summed E-state index contributed by atoms with van der Waals surface area (Å²) in [6.45, 7) is 3.35. The molecule has 1 saturated carbocycles. The molecule has 2 atom stereocenters. The zero-order valence-corrected chi connectivity index (χ0v) is 9.51. The van der Waals surface area contributed by atoms with Crippen molar-refractivity contribution in [3.63, 3.8) is 0 Å². The molecule has 2 fully saturated rings. The van der Waals surface area contributed by atoms with Crippen molar-refractivity contribution in [1.29, 1.82) is 0 Å². The molecule has 2 nitrogen and oxygen atoms in total. The minimum absolute atomic E-state index is 0.206. The fraction of sp³-hybridized carbons (Fsp3) is 1.00. The van der Waals surface area contributed by atoms with Gasteiger partial charge in [-0.25, -0.2) is 0 Å². The van der Waals surface area contributed by atoms with E-state index in [4.69, 9.17) is 4.74 Å². The number of ether oxygens (including phenoxy) is 1. The van der Waals surface area contributed by atoms with Crippen LogP contribution in [0.2, 0.25) is 0 Å². The van der Waals surface area contributed by atoms with Crippen molar-refractivity contribution in [3.05, 3.63) is 0 Å². The molecule has 82 valence electrons. The Hall–Kier alpha value is -0.0800. The smallest absolute Gasteiger partial charge is 0.0707 e. The van der Waals surface area contributed by atoms with Crippen LogP contribution in [0.5, 0.6) is 0 Å². The largest absolute Gasteiger partial charge is 0.370 e. The van der Waals surface area contributed by atoms with Gasteiger partial charge >= 0.3 is 0 Å². The van der Waals surface area contributed by atoms with Crippen molar-refractivity contribution in [2.45, 2.75) is 57.2 Å². The van der Waals surface area contributed by atoms with Crippen LogP contribution in [0.25, 0.3) is 0 Å². The number of rotatable bonds is 3. The highest BCUT2D eigenvalue weighted by atomic mass is 16.5. The third-order valence-electron chi connectivity index (χ3n) is 4.05. The predicted octanol–water partition coefficient (Wildman–Crippen LogP) is 2.33. The van der Waals surface area contributed by atoms with Crippen LogP contribution in [-0.2, 0) is 4.74 Å². The Morgan fingerprint density at radius 2 is 2.00 bits per heavy atom. The van der Waals surface area contributed by atoms with Gasteiger partial charge < -0.3 is 10.1 Å². The molecule has 0 bridgehead atoms. The molecular formula is C12H23NO. The molecule has 2 aliphatic rings. The van der Waals surface area contributed by atoms with Crippen LogP contribution in [0.1, 0.15) is 45.4 Å². The van der Waals surface area contributed by atoms with E-state index in [1.54, 1.807) is 0 Å². The molecule has 0 radical (unpaired) electrons. The maximum absolute atomic E-state index is 6.21. The van der Waals surface area contributed by atoms with Gasteiger partial charge in [-0.3, -0.25) is 0 Å².